The normalized spacial score (nSPS) is 18.6. The molecule has 0 radical (unpaired) electrons. The smallest absolute Gasteiger partial charge is 0.260 e. The molecule has 0 saturated carbocycles. The van der Waals surface area contributed by atoms with Gasteiger partial charge in [0.2, 0.25) is 0 Å². The quantitative estimate of drug-likeness (QED) is 0.874. The third kappa shape index (κ3) is 4.74. The van der Waals surface area contributed by atoms with E-state index in [1.807, 2.05) is 29.2 Å². The fourth-order valence-electron chi connectivity index (χ4n) is 2.77. The summed E-state index contributed by atoms with van der Waals surface area (Å²) < 4.78 is 5.58. The number of hydrogen-bond acceptors (Lipinski definition) is 3. The molecule has 1 aromatic carbocycles. The van der Waals surface area contributed by atoms with Gasteiger partial charge in [-0.15, -0.1) is 0 Å². The molecule has 0 aliphatic carbocycles. The van der Waals surface area contributed by atoms with E-state index in [1.165, 1.54) is 5.56 Å². The van der Waals surface area contributed by atoms with Gasteiger partial charge in [0.15, 0.2) is 6.61 Å². The maximum absolute atomic E-state index is 12.2. The standard InChI is InChI=1S/C17H25NO3/c1-2-14-5-7-16(8-6-14)21-13-17(20)18-10-3-4-15(12-18)9-11-19/h5-8,15,19H,2-4,9-13H2,1H3. The number of carbonyl (C=O) groups excluding carboxylic acids is 1. The van der Waals surface area contributed by atoms with Gasteiger partial charge in [0.1, 0.15) is 5.75 Å². The van der Waals surface area contributed by atoms with Gasteiger partial charge >= 0.3 is 0 Å². The van der Waals surface area contributed by atoms with Crippen LogP contribution in [0.3, 0.4) is 0 Å². The molecular weight excluding hydrogens is 266 g/mol. The van der Waals surface area contributed by atoms with Crippen molar-refractivity contribution in [1.29, 1.82) is 0 Å². The van der Waals surface area contributed by atoms with Crippen molar-refractivity contribution in [3.05, 3.63) is 29.8 Å². The first kappa shape index (κ1) is 15.8. The van der Waals surface area contributed by atoms with Crippen molar-refractivity contribution < 1.29 is 14.6 Å². The second kappa shape index (κ2) is 8.03. The Balaban J connectivity index is 1.80. The second-order valence-electron chi connectivity index (χ2n) is 5.65. The number of carbonyl (C=O) groups is 1. The van der Waals surface area contributed by atoms with Crippen molar-refractivity contribution in [1.82, 2.24) is 4.90 Å². The van der Waals surface area contributed by atoms with E-state index < -0.39 is 0 Å². The van der Waals surface area contributed by atoms with Crippen LogP contribution in [0.2, 0.25) is 0 Å². The highest BCUT2D eigenvalue weighted by molar-refractivity contribution is 5.77. The van der Waals surface area contributed by atoms with E-state index in [1.54, 1.807) is 0 Å². The predicted molar refractivity (Wildman–Crippen MR) is 82.3 cm³/mol. The number of aryl methyl sites for hydroxylation is 1. The van der Waals surface area contributed by atoms with E-state index in [0.29, 0.717) is 5.92 Å². The number of ether oxygens (including phenoxy) is 1. The Morgan fingerprint density at radius 3 is 2.81 bits per heavy atom. The van der Waals surface area contributed by atoms with Crippen LogP contribution in [0.5, 0.6) is 5.75 Å². The minimum Gasteiger partial charge on any atom is -0.484 e. The van der Waals surface area contributed by atoms with Crippen LogP contribution in [-0.4, -0.2) is 42.2 Å². The van der Waals surface area contributed by atoms with Gasteiger partial charge in [0, 0.05) is 19.7 Å². The van der Waals surface area contributed by atoms with Crippen molar-refractivity contribution in [3.63, 3.8) is 0 Å². The van der Waals surface area contributed by atoms with Crippen LogP contribution >= 0.6 is 0 Å². The average molecular weight is 291 g/mol. The lowest BCUT2D eigenvalue weighted by Gasteiger charge is -2.32. The molecule has 1 saturated heterocycles. The van der Waals surface area contributed by atoms with Gasteiger partial charge in [0.05, 0.1) is 0 Å². The topological polar surface area (TPSA) is 49.8 Å². The van der Waals surface area contributed by atoms with Crippen molar-refractivity contribution in [2.45, 2.75) is 32.6 Å². The van der Waals surface area contributed by atoms with Gasteiger partial charge in [0.25, 0.3) is 5.91 Å². The van der Waals surface area contributed by atoms with E-state index in [-0.39, 0.29) is 19.1 Å². The molecule has 1 heterocycles. The SMILES string of the molecule is CCc1ccc(OCC(=O)N2CCCC(CCO)C2)cc1. The van der Waals surface area contributed by atoms with E-state index in [9.17, 15) is 4.79 Å². The van der Waals surface area contributed by atoms with Crippen molar-refractivity contribution in [2.75, 3.05) is 26.3 Å². The molecular formula is C17H25NO3. The average Bonchev–Trinajstić information content (AvgIpc) is 2.53. The van der Waals surface area contributed by atoms with Crippen molar-refractivity contribution >= 4 is 5.91 Å². The molecule has 0 spiro atoms. The van der Waals surface area contributed by atoms with Gasteiger partial charge in [-0.25, -0.2) is 0 Å². The maximum Gasteiger partial charge on any atom is 0.260 e. The van der Waals surface area contributed by atoms with E-state index in [0.717, 1.165) is 44.5 Å². The molecule has 1 aliphatic heterocycles. The zero-order valence-electron chi connectivity index (χ0n) is 12.8. The molecule has 1 aliphatic rings. The van der Waals surface area contributed by atoms with Crippen molar-refractivity contribution in [3.8, 4) is 5.75 Å². The molecule has 1 fully saturated rings. The maximum atomic E-state index is 12.2. The van der Waals surface area contributed by atoms with Crippen LogP contribution in [-0.2, 0) is 11.2 Å². The lowest BCUT2D eigenvalue weighted by molar-refractivity contribution is -0.135. The summed E-state index contributed by atoms with van der Waals surface area (Å²) in [6.45, 7) is 3.96. The van der Waals surface area contributed by atoms with E-state index in [2.05, 4.69) is 6.92 Å². The summed E-state index contributed by atoms with van der Waals surface area (Å²) in [5.41, 5.74) is 1.26. The lowest BCUT2D eigenvalue weighted by Crippen LogP contribution is -2.42. The van der Waals surface area contributed by atoms with Gasteiger partial charge in [-0.2, -0.15) is 0 Å². The monoisotopic (exact) mass is 291 g/mol. The highest BCUT2D eigenvalue weighted by Crippen LogP contribution is 2.19. The van der Waals surface area contributed by atoms with E-state index in [4.69, 9.17) is 9.84 Å². The highest BCUT2D eigenvalue weighted by atomic mass is 16.5. The predicted octanol–water partition coefficient (Wildman–Crippen LogP) is 2.25. The number of amides is 1. The van der Waals surface area contributed by atoms with Gasteiger partial charge in [-0.1, -0.05) is 19.1 Å². The Bertz CT molecular complexity index is 442. The second-order valence-corrected chi connectivity index (χ2v) is 5.65. The fourth-order valence-corrected chi connectivity index (χ4v) is 2.77. The summed E-state index contributed by atoms with van der Waals surface area (Å²) in [4.78, 5) is 14.0. The number of benzene rings is 1. The first-order chi connectivity index (χ1) is 10.2. The summed E-state index contributed by atoms with van der Waals surface area (Å²) in [5, 5.41) is 9.01. The van der Waals surface area contributed by atoms with Crippen LogP contribution in [0, 0.1) is 5.92 Å². The zero-order valence-corrected chi connectivity index (χ0v) is 12.8. The Kier molecular flexibility index (Phi) is 6.05. The van der Waals surface area contributed by atoms with Gasteiger partial charge in [-0.05, 0) is 49.3 Å². The summed E-state index contributed by atoms with van der Waals surface area (Å²) in [6, 6.07) is 7.88. The summed E-state index contributed by atoms with van der Waals surface area (Å²) in [6.07, 6.45) is 3.90. The van der Waals surface area contributed by atoms with Crippen LogP contribution in [0.15, 0.2) is 24.3 Å². The van der Waals surface area contributed by atoms with Gasteiger partial charge < -0.3 is 14.7 Å². The molecule has 1 atom stereocenters. The minimum atomic E-state index is 0.0391. The highest BCUT2D eigenvalue weighted by Gasteiger charge is 2.23. The molecule has 21 heavy (non-hydrogen) atoms. The molecule has 1 N–H and O–H groups in total. The molecule has 1 amide bonds. The number of aliphatic hydroxyl groups excluding tert-OH is 1. The number of aliphatic hydroxyl groups is 1. The number of hydrogen-bond donors (Lipinski definition) is 1. The number of likely N-dealkylation sites (tertiary alicyclic amines) is 1. The fraction of sp³-hybridized carbons (Fsp3) is 0.588. The Labute approximate surface area is 126 Å². The largest absolute Gasteiger partial charge is 0.484 e. The van der Waals surface area contributed by atoms with E-state index >= 15 is 0 Å². The summed E-state index contributed by atoms with van der Waals surface area (Å²) >= 11 is 0. The first-order valence-electron chi connectivity index (χ1n) is 7.83. The third-order valence-corrected chi connectivity index (χ3v) is 4.10. The Morgan fingerprint density at radius 2 is 2.14 bits per heavy atom. The Morgan fingerprint density at radius 1 is 1.38 bits per heavy atom. The molecule has 116 valence electrons. The molecule has 4 nitrogen and oxygen atoms in total. The van der Waals surface area contributed by atoms with Crippen LogP contribution in [0.25, 0.3) is 0 Å². The molecule has 2 rings (SSSR count). The van der Waals surface area contributed by atoms with Crippen LogP contribution in [0.4, 0.5) is 0 Å². The lowest BCUT2D eigenvalue weighted by atomic mass is 9.95. The third-order valence-electron chi connectivity index (χ3n) is 4.10. The molecule has 4 heteroatoms. The molecule has 1 unspecified atom stereocenters. The zero-order chi connectivity index (χ0) is 15.1. The van der Waals surface area contributed by atoms with Crippen LogP contribution in [0.1, 0.15) is 31.7 Å². The summed E-state index contributed by atoms with van der Waals surface area (Å²) in [7, 11) is 0. The van der Waals surface area contributed by atoms with Gasteiger partial charge in [-0.3, -0.25) is 4.79 Å². The molecule has 0 aromatic heterocycles. The minimum absolute atomic E-state index is 0.0391. The Hall–Kier alpha value is -1.55. The van der Waals surface area contributed by atoms with Crippen LogP contribution < -0.4 is 4.74 Å². The number of piperidine rings is 1. The summed E-state index contributed by atoms with van der Waals surface area (Å²) in [5.74, 6) is 1.21. The number of rotatable bonds is 6. The first-order valence-corrected chi connectivity index (χ1v) is 7.83. The number of nitrogens with zero attached hydrogens (tertiary/aromatic N) is 1. The molecule has 0 bridgehead atoms. The molecule has 1 aromatic rings. The van der Waals surface area contributed by atoms with Crippen molar-refractivity contribution in [2.24, 2.45) is 5.92 Å².